The summed E-state index contributed by atoms with van der Waals surface area (Å²) in [5.41, 5.74) is 0.380. The Bertz CT molecular complexity index is 862. The molecule has 0 aliphatic heterocycles. The molecule has 1 amide bonds. The van der Waals surface area contributed by atoms with Gasteiger partial charge in [0.05, 0.1) is 23.4 Å². The molecule has 2 heterocycles. The number of nitrogens with zero attached hydrogens (tertiary/aromatic N) is 3. The second kappa shape index (κ2) is 7.72. The molecule has 130 valence electrons. The van der Waals surface area contributed by atoms with Gasteiger partial charge in [0.15, 0.2) is 5.76 Å². The highest BCUT2D eigenvalue weighted by atomic mass is 35.5. The van der Waals surface area contributed by atoms with Crippen LogP contribution in [-0.2, 0) is 6.54 Å². The van der Waals surface area contributed by atoms with Crippen molar-refractivity contribution in [2.45, 2.75) is 19.9 Å². The molecular weight excluding hydrogens is 365 g/mol. The van der Waals surface area contributed by atoms with Crippen LogP contribution in [0.1, 0.15) is 29.6 Å². The molecule has 0 atom stereocenters. The molecule has 8 heteroatoms. The van der Waals surface area contributed by atoms with Gasteiger partial charge in [0, 0.05) is 11.6 Å². The summed E-state index contributed by atoms with van der Waals surface area (Å²) in [5, 5.41) is 8.70. The molecule has 0 fully saturated rings. The summed E-state index contributed by atoms with van der Waals surface area (Å²) < 4.78 is 10.8. The Balaban J connectivity index is 1.80. The minimum Gasteiger partial charge on any atom is -0.459 e. The average molecular weight is 380 g/mol. The summed E-state index contributed by atoms with van der Waals surface area (Å²) in [6.07, 6.45) is 2.30. The number of carbonyl (C=O) groups is 1. The normalized spacial score (nSPS) is 10.8. The van der Waals surface area contributed by atoms with E-state index in [1.165, 1.54) is 6.26 Å². The Morgan fingerprint density at radius 1 is 1.24 bits per heavy atom. The van der Waals surface area contributed by atoms with Crippen molar-refractivity contribution in [3.63, 3.8) is 0 Å². The van der Waals surface area contributed by atoms with E-state index in [1.807, 2.05) is 6.92 Å². The second-order valence-corrected chi connectivity index (χ2v) is 6.17. The lowest BCUT2D eigenvalue weighted by atomic mass is 10.2. The Hall–Kier alpha value is -2.31. The lowest BCUT2D eigenvalue weighted by Gasteiger charge is -2.21. The van der Waals surface area contributed by atoms with E-state index in [0.717, 1.165) is 6.42 Å². The number of hydrogen-bond donors (Lipinski definition) is 0. The SMILES string of the molecule is CCCN(Cc1nnc(-c2ccco2)o1)C(=O)c1ccc(Cl)cc1Cl. The molecule has 0 radical (unpaired) electrons. The van der Waals surface area contributed by atoms with E-state index in [-0.39, 0.29) is 18.3 Å². The molecular formula is C17H15Cl2N3O3. The van der Waals surface area contributed by atoms with Crippen molar-refractivity contribution < 1.29 is 13.6 Å². The number of halogens is 2. The third kappa shape index (κ3) is 4.03. The molecule has 3 rings (SSSR count). The molecule has 0 bridgehead atoms. The van der Waals surface area contributed by atoms with Gasteiger partial charge in [0.2, 0.25) is 5.89 Å². The van der Waals surface area contributed by atoms with Gasteiger partial charge in [0.1, 0.15) is 0 Å². The molecule has 0 saturated heterocycles. The molecule has 25 heavy (non-hydrogen) atoms. The number of benzene rings is 1. The number of amides is 1. The molecule has 2 aromatic heterocycles. The molecule has 0 spiro atoms. The van der Waals surface area contributed by atoms with E-state index in [9.17, 15) is 4.79 Å². The molecule has 0 unspecified atom stereocenters. The van der Waals surface area contributed by atoms with E-state index < -0.39 is 0 Å². The summed E-state index contributed by atoms with van der Waals surface area (Å²) in [4.78, 5) is 14.4. The second-order valence-electron chi connectivity index (χ2n) is 5.33. The first-order chi connectivity index (χ1) is 12.1. The third-order valence-electron chi connectivity index (χ3n) is 3.47. The maximum Gasteiger partial charge on any atom is 0.283 e. The largest absolute Gasteiger partial charge is 0.459 e. The molecule has 6 nitrogen and oxygen atoms in total. The minimum atomic E-state index is -0.221. The zero-order chi connectivity index (χ0) is 17.8. The third-order valence-corrected chi connectivity index (χ3v) is 4.02. The van der Waals surface area contributed by atoms with E-state index in [2.05, 4.69) is 10.2 Å². The summed E-state index contributed by atoms with van der Waals surface area (Å²) in [5.74, 6) is 0.848. The standard InChI is InChI=1S/C17H15Cl2N3O3/c1-2-7-22(17(23)12-6-5-11(18)9-13(12)19)10-15-20-21-16(25-15)14-4-3-8-24-14/h3-6,8-9H,2,7,10H2,1H3. The first-order valence-corrected chi connectivity index (χ1v) is 8.44. The fraction of sp³-hybridized carbons (Fsp3) is 0.235. The number of furan rings is 1. The van der Waals surface area contributed by atoms with Gasteiger partial charge in [-0.05, 0) is 36.8 Å². The Morgan fingerprint density at radius 3 is 2.76 bits per heavy atom. The summed E-state index contributed by atoms with van der Waals surface area (Å²) in [7, 11) is 0. The highest BCUT2D eigenvalue weighted by Gasteiger charge is 2.21. The van der Waals surface area contributed by atoms with E-state index in [4.69, 9.17) is 32.0 Å². The van der Waals surface area contributed by atoms with Gasteiger partial charge in [-0.2, -0.15) is 0 Å². The van der Waals surface area contributed by atoms with Crippen molar-refractivity contribution >= 4 is 29.1 Å². The fourth-order valence-corrected chi connectivity index (χ4v) is 2.83. The summed E-state index contributed by atoms with van der Waals surface area (Å²) in [6, 6.07) is 8.24. The van der Waals surface area contributed by atoms with Crippen LogP contribution in [0.2, 0.25) is 10.0 Å². The van der Waals surface area contributed by atoms with Crippen LogP contribution < -0.4 is 0 Å². The lowest BCUT2D eigenvalue weighted by Crippen LogP contribution is -2.31. The van der Waals surface area contributed by atoms with Crippen LogP contribution in [0.3, 0.4) is 0 Å². The van der Waals surface area contributed by atoms with Crippen molar-refractivity contribution in [1.82, 2.24) is 15.1 Å². The van der Waals surface area contributed by atoms with Gasteiger partial charge in [-0.1, -0.05) is 30.1 Å². The molecule has 3 aromatic rings. The zero-order valence-corrected chi connectivity index (χ0v) is 14.9. The predicted octanol–water partition coefficient (Wildman–Crippen LogP) is 4.69. The van der Waals surface area contributed by atoms with Crippen molar-refractivity contribution in [3.8, 4) is 11.7 Å². The quantitative estimate of drug-likeness (QED) is 0.620. The van der Waals surface area contributed by atoms with Crippen LogP contribution >= 0.6 is 23.2 Å². The average Bonchev–Trinajstić information content (AvgIpc) is 3.25. The summed E-state index contributed by atoms with van der Waals surface area (Å²) in [6.45, 7) is 2.68. The van der Waals surface area contributed by atoms with Crippen LogP contribution in [0.25, 0.3) is 11.7 Å². The summed E-state index contributed by atoms with van der Waals surface area (Å²) >= 11 is 12.0. The number of rotatable bonds is 6. The Kier molecular flexibility index (Phi) is 5.40. The first kappa shape index (κ1) is 17.5. The predicted molar refractivity (Wildman–Crippen MR) is 93.5 cm³/mol. The van der Waals surface area contributed by atoms with Crippen LogP contribution in [0.4, 0.5) is 0 Å². The van der Waals surface area contributed by atoms with Gasteiger partial charge >= 0.3 is 0 Å². The number of hydrogen-bond acceptors (Lipinski definition) is 5. The Labute approximate surface area is 154 Å². The van der Waals surface area contributed by atoms with Crippen molar-refractivity contribution in [2.24, 2.45) is 0 Å². The van der Waals surface area contributed by atoms with Crippen molar-refractivity contribution in [3.05, 3.63) is 58.1 Å². The van der Waals surface area contributed by atoms with Crippen molar-refractivity contribution in [1.29, 1.82) is 0 Å². The maximum atomic E-state index is 12.8. The van der Waals surface area contributed by atoms with Gasteiger partial charge in [-0.3, -0.25) is 4.79 Å². The van der Waals surface area contributed by atoms with Gasteiger partial charge < -0.3 is 13.7 Å². The lowest BCUT2D eigenvalue weighted by molar-refractivity contribution is 0.0729. The molecule has 0 aliphatic rings. The molecule has 0 saturated carbocycles. The van der Waals surface area contributed by atoms with Gasteiger partial charge in [0.25, 0.3) is 11.8 Å². The highest BCUT2D eigenvalue weighted by Crippen LogP contribution is 2.24. The number of carbonyl (C=O) groups excluding carboxylic acids is 1. The first-order valence-electron chi connectivity index (χ1n) is 7.69. The van der Waals surface area contributed by atoms with Crippen LogP contribution in [-0.4, -0.2) is 27.5 Å². The zero-order valence-electron chi connectivity index (χ0n) is 13.4. The van der Waals surface area contributed by atoms with Crippen LogP contribution in [0.15, 0.2) is 45.4 Å². The van der Waals surface area contributed by atoms with Crippen molar-refractivity contribution in [2.75, 3.05) is 6.54 Å². The molecule has 0 N–H and O–H groups in total. The minimum absolute atomic E-state index is 0.180. The van der Waals surface area contributed by atoms with Gasteiger partial charge in [-0.15, -0.1) is 10.2 Å². The van der Waals surface area contributed by atoms with Crippen LogP contribution in [0.5, 0.6) is 0 Å². The number of aromatic nitrogens is 2. The van der Waals surface area contributed by atoms with E-state index >= 15 is 0 Å². The fourth-order valence-electron chi connectivity index (χ4n) is 2.34. The van der Waals surface area contributed by atoms with Gasteiger partial charge in [-0.25, -0.2) is 0 Å². The molecule has 0 aliphatic carbocycles. The van der Waals surface area contributed by atoms with Crippen LogP contribution in [0, 0.1) is 0 Å². The highest BCUT2D eigenvalue weighted by molar-refractivity contribution is 6.36. The van der Waals surface area contributed by atoms with E-state index in [0.29, 0.717) is 33.8 Å². The maximum absolute atomic E-state index is 12.8. The topological polar surface area (TPSA) is 72.4 Å². The monoisotopic (exact) mass is 379 g/mol. The molecule has 1 aromatic carbocycles. The van der Waals surface area contributed by atoms with E-state index in [1.54, 1.807) is 35.2 Å². The Morgan fingerprint density at radius 2 is 2.08 bits per heavy atom. The smallest absolute Gasteiger partial charge is 0.283 e.